The molecule has 41 heavy (non-hydrogen) atoms. The van der Waals surface area contributed by atoms with E-state index in [4.69, 9.17) is 27.9 Å². The zero-order valence-corrected chi connectivity index (χ0v) is 25.3. The molecule has 0 heterocycles. The number of carbonyl (C=O) groups is 2. The van der Waals surface area contributed by atoms with Crippen LogP contribution in [-0.2, 0) is 26.2 Å². The van der Waals surface area contributed by atoms with Crippen LogP contribution in [0.2, 0.25) is 10.0 Å². The van der Waals surface area contributed by atoms with Crippen LogP contribution in [0.1, 0.15) is 38.2 Å². The second-order valence-corrected chi connectivity index (χ2v) is 12.7. The molecular weight excluding hydrogens is 585 g/mol. The predicted molar refractivity (Wildman–Crippen MR) is 161 cm³/mol. The van der Waals surface area contributed by atoms with E-state index in [1.165, 1.54) is 42.3 Å². The van der Waals surface area contributed by atoms with E-state index in [0.717, 1.165) is 30.0 Å². The van der Waals surface area contributed by atoms with E-state index in [1.54, 1.807) is 49.4 Å². The molecule has 1 N–H and O–H groups in total. The highest BCUT2D eigenvalue weighted by atomic mass is 35.5. The molecule has 3 aromatic rings. The van der Waals surface area contributed by atoms with E-state index in [-0.39, 0.29) is 29.1 Å². The van der Waals surface area contributed by atoms with Crippen molar-refractivity contribution < 1.29 is 22.7 Å². The lowest BCUT2D eigenvalue weighted by molar-refractivity contribution is -0.139. The van der Waals surface area contributed by atoms with Crippen molar-refractivity contribution >= 4 is 50.7 Å². The Balaban J connectivity index is 1.69. The van der Waals surface area contributed by atoms with Crippen LogP contribution in [0.3, 0.4) is 0 Å². The molecule has 1 atom stereocenters. The van der Waals surface area contributed by atoms with Crippen molar-refractivity contribution in [1.82, 2.24) is 10.2 Å². The molecule has 1 aliphatic rings. The Bertz CT molecular complexity index is 1480. The van der Waals surface area contributed by atoms with Gasteiger partial charge in [0.1, 0.15) is 18.3 Å². The summed E-state index contributed by atoms with van der Waals surface area (Å²) in [6, 6.07) is 18.4. The zero-order chi connectivity index (χ0) is 29.6. The number of rotatable bonds is 11. The van der Waals surface area contributed by atoms with Gasteiger partial charge < -0.3 is 15.0 Å². The fourth-order valence-electron chi connectivity index (χ4n) is 4.82. The van der Waals surface area contributed by atoms with Gasteiger partial charge in [-0.25, -0.2) is 8.42 Å². The van der Waals surface area contributed by atoms with E-state index < -0.39 is 28.5 Å². The number of hydrogen-bond acceptors (Lipinski definition) is 5. The fourth-order valence-corrected chi connectivity index (χ4v) is 6.61. The smallest absolute Gasteiger partial charge is 0.264 e. The Morgan fingerprint density at radius 1 is 1.00 bits per heavy atom. The summed E-state index contributed by atoms with van der Waals surface area (Å²) in [7, 11) is -2.74. The van der Waals surface area contributed by atoms with Gasteiger partial charge in [-0.2, -0.15) is 0 Å². The molecular formula is C30H33Cl2N3O5S. The highest BCUT2D eigenvalue weighted by Gasteiger charge is 2.33. The molecule has 1 fully saturated rings. The average Bonchev–Trinajstić information content (AvgIpc) is 3.48. The summed E-state index contributed by atoms with van der Waals surface area (Å²) < 4.78 is 34.0. The number of benzene rings is 3. The molecule has 8 nitrogen and oxygen atoms in total. The minimum Gasteiger partial charge on any atom is -0.497 e. The number of ether oxygens (including phenoxy) is 1. The van der Waals surface area contributed by atoms with Gasteiger partial charge in [0.2, 0.25) is 11.8 Å². The first-order valence-electron chi connectivity index (χ1n) is 13.4. The number of amides is 2. The van der Waals surface area contributed by atoms with Gasteiger partial charge in [-0.3, -0.25) is 13.9 Å². The number of halogens is 2. The monoisotopic (exact) mass is 617 g/mol. The van der Waals surface area contributed by atoms with Gasteiger partial charge in [0, 0.05) is 22.6 Å². The maximum absolute atomic E-state index is 14.0. The standard InChI is InChI=1S/C30H33Cl2N3O5S/c1-21(30(37)33-24-10-4-5-11-24)34(19-22-8-3-6-13-28(22)32)29(36)20-35(25-12-7-9-23(31)18-25)41(38,39)27-16-14-26(40-2)15-17-27/h3,6-9,12-18,21,24H,4-5,10-11,19-20H2,1-2H3,(H,33,37). The van der Waals surface area contributed by atoms with Crippen LogP contribution in [0, 0.1) is 0 Å². The molecule has 2 amide bonds. The van der Waals surface area contributed by atoms with Crippen molar-refractivity contribution in [2.24, 2.45) is 0 Å². The number of anilines is 1. The van der Waals surface area contributed by atoms with E-state index in [9.17, 15) is 18.0 Å². The molecule has 0 bridgehead atoms. The molecule has 1 saturated carbocycles. The highest BCUT2D eigenvalue weighted by Crippen LogP contribution is 2.28. The molecule has 0 aliphatic heterocycles. The molecule has 3 aromatic carbocycles. The maximum atomic E-state index is 14.0. The van der Waals surface area contributed by atoms with Crippen LogP contribution in [0.15, 0.2) is 77.7 Å². The molecule has 4 rings (SSSR count). The van der Waals surface area contributed by atoms with E-state index in [0.29, 0.717) is 21.4 Å². The van der Waals surface area contributed by atoms with E-state index in [2.05, 4.69) is 5.32 Å². The average molecular weight is 619 g/mol. The second-order valence-electron chi connectivity index (χ2n) is 9.95. The van der Waals surface area contributed by atoms with Crippen LogP contribution >= 0.6 is 23.2 Å². The van der Waals surface area contributed by atoms with Crippen LogP contribution in [0.25, 0.3) is 0 Å². The first-order valence-corrected chi connectivity index (χ1v) is 15.6. The van der Waals surface area contributed by atoms with E-state index >= 15 is 0 Å². The summed E-state index contributed by atoms with van der Waals surface area (Å²) in [6.07, 6.45) is 3.86. The number of carbonyl (C=O) groups excluding carboxylic acids is 2. The summed E-state index contributed by atoms with van der Waals surface area (Å²) in [4.78, 5) is 28.7. The topological polar surface area (TPSA) is 96.0 Å². The predicted octanol–water partition coefficient (Wildman–Crippen LogP) is 5.67. The van der Waals surface area contributed by atoms with Crippen LogP contribution in [0.4, 0.5) is 5.69 Å². The molecule has 11 heteroatoms. The maximum Gasteiger partial charge on any atom is 0.264 e. The number of hydrogen-bond donors (Lipinski definition) is 1. The third-order valence-electron chi connectivity index (χ3n) is 7.19. The Kier molecular flexibility index (Phi) is 10.2. The van der Waals surface area contributed by atoms with Gasteiger partial charge in [-0.05, 0) is 73.9 Å². The van der Waals surface area contributed by atoms with Crippen LogP contribution in [0.5, 0.6) is 5.75 Å². The van der Waals surface area contributed by atoms with Crippen molar-refractivity contribution in [3.8, 4) is 5.75 Å². The quantitative estimate of drug-likeness (QED) is 0.299. The Labute approximate surface area is 251 Å². The van der Waals surface area contributed by atoms with Crippen molar-refractivity contribution in [1.29, 1.82) is 0 Å². The number of sulfonamides is 1. The first kappa shape index (κ1) is 30.7. The fraction of sp³-hybridized carbons (Fsp3) is 0.333. The van der Waals surface area contributed by atoms with Crippen molar-refractivity contribution in [2.75, 3.05) is 18.0 Å². The minimum atomic E-state index is -4.23. The molecule has 218 valence electrons. The van der Waals surface area contributed by atoms with Crippen LogP contribution in [-0.4, -0.2) is 50.9 Å². The van der Waals surface area contributed by atoms with Gasteiger partial charge in [-0.15, -0.1) is 0 Å². The minimum absolute atomic E-state index is 0.0176. The summed E-state index contributed by atoms with van der Waals surface area (Å²) in [5.74, 6) is -0.386. The normalized spacial score (nSPS) is 14.3. The third kappa shape index (κ3) is 7.52. The molecule has 0 spiro atoms. The lowest BCUT2D eigenvalue weighted by atomic mass is 10.1. The summed E-state index contributed by atoms with van der Waals surface area (Å²) in [5.41, 5.74) is 0.845. The Morgan fingerprint density at radius 3 is 2.32 bits per heavy atom. The number of methoxy groups -OCH3 is 1. The van der Waals surface area contributed by atoms with Gasteiger partial charge in [0.25, 0.3) is 10.0 Å². The van der Waals surface area contributed by atoms with Gasteiger partial charge in [0.15, 0.2) is 0 Å². The number of nitrogens with one attached hydrogen (secondary N) is 1. The summed E-state index contributed by atoms with van der Waals surface area (Å²) in [5, 5.41) is 3.79. The van der Waals surface area contributed by atoms with Gasteiger partial charge in [0.05, 0.1) is 17.7 Å². The van der Waals surface area contributed by atoms with Gasteiger partial charge in [-0.1, -0.05) is 60.3 Å². The lowest BCUT2D eigenvalue weighted by Crippen LogP contribution is -2.52. The molecule has 1 unspecified atom stereocenters. The third-order valence-corrected chi connectivity index (χ3v) is 9.58. The van der Waals surface area contributed by atoms with Crippen molar-refractivity contribution in [3.05, 3.63) is 88.4 Å². The van der Waals surface area contributed by atoms with Crippen molar-refractivity contribution in [2.45, 2.75) is 56.1 Å². The summed E-state index contributed by atoms with van der Waals surface area (Å²) in [6.45, 7) is 1.09. The molecule has 0 saturated heterocycles. The Hall–Kier alpha value is -3.27. The largest absolute Gasteiger partial charge is 0.497 e. The van der Waals surface area contributed by atoms with Gasteiger partial charge >= 0.3 is 0 Å². The second kappa shape index (κ2) is 13.6. The lowest BCUT2D eigenvalue weighted by Gasteiger charge is -2.32. The van der Waals surface area contributed by atoms with Crippen molar-refractivity contribution in [3.63, 3.8) is 0 Å². The molecule has 0 radical (unpaired) electrons. The van der Waals surface area contributed by atoms with Crippen LogP contribution < -0.4 is 14.4 Å². The summed E-state index contributed by atoms with van der Waals surface area (Å²) >= 11 is 12.6. The molecule has 0 aromatic heterocycles. The number of nitrogens with zero attached hydrogens (tertiary/aromatic N) is 2. The Morgan fingerprint density at radius 2 is 1.68 bits per heavy atom. The molecule has 1 aliphatic carbocycles. The first-order chi connectivity index (χ1) is 19.6. The SMILES string of the molecule is COc1ccc(S(=O)(=O)N(CC(=O)N(Cc2ccccc2Cl)C(C)C(=O)NC2CCCC2)c2cccc(Cl)c2)cc1. The van der Waals surface area contributed by atoms with E-state index in [1.807, 2.05) is 0 Å². The zero-order valence-electron chi connectivity index (χ0n) is 22.9. The highest BCUT2D eigenvalue weighted by molar-refractivity contribution is 7.92.